The van der Waals surface area contributed by atoms with Crippen LogP contribution in [0.3, 0.4) is 0 Å². The third kappa shape index (κ3) is 4.65. The van der Waals surface area contributed by atoms with Crippen molar-refractivity contribution in [1.82, 2.24) is 14.8 Å². The quantitative estimate of drug-likeness (QED) is 0.316. The van der Waals surface area contributed by atoms with E-state index in [0.29, 0.717) is 13.2 Å². The van der Waals surface area contributed by atoms with E-state index < -0.39 is 5.97 Å². The molecule has 0 spiro atoms. The predicted octanol–water partition coefficient (Wildman–Crippen LogP) is 5.79. The third-order valence-corrected chi connectivity index (χ3v) is 6.22. The van der Waals surface area contributed by atoms with Crippen LogP contribution in [0.25, 0.3) is 22.0 Å². The minimum Gasteiger partial charge on any atom is -0.494 e. The van der Waals surface area contributed by atoms with Crippen molar-refractivity contribution in [2.24, 2.45) is 0 Å². The average molecular weight is 452 g/mol. The summed E-state index contributed by atoms with van der Waals surface area (Å²) in [5, 5.41) is 18.0. The summed E-state index contributed by atoms with van der Waals surface area (Å²) in [5.74, 6) is 0.0201. The molecular formula is C25H26ClN3O3. The molecule has 0 aliphatic heterocycles. The van der Waals surface area contributed by atoms with Crippen LogP contribution in [-0.2, 0) is 17.8 Å². The SMILES string of the molecule is Cc1cc(OCCCc2cn(CCC(=O)O)c3c(-c4cn[nH]c4)cccc23)cc(C)c1Cl. The van der Waals surface area contributed by atoms with Crippen molar-refractivity contribution in [3.8, 4) is 16.9 Å². The van der Waals surface area contributed by atoms with Gasteiger partial charge in [0.1, 0.15) is 5.75 Å². The number of carboxylic acids is 1. The van der Waals surface area contributed by atoms with E-state index in [1.54, 1.807) is 6.20 Å². The van der Waals surface area contributed by atoms with E-state index in [0.717, 1.165) is 56.8 Å². The number of rotatable bonds is 9. The number of carboxylic acid groups (broad SMARTS) is 1. The lowest BCUT2D eigenvalue weighted by Gasteiger charge is -2.10. The second-order valence-corrected chi connectivity index (χ2v) is 8.38. The molecule has 7 heteroatoms. The molecule has 2 aromatic carbocycles. The maximum Gasteiger partial charge on any atom is 0.305 e. The molecule has 0 bridgehead atoms. The zero-order valence-corrected chi connectivity index (χ0v) is 18.9. The van der Waals surface area contributed by atoms with Crippen LogP contribution in [0.1, 0.15) is 29.5 Å². The highest BCUT2D eigenvalue weighted by Gasteiger charge is 2.15. The van der Waals surface area contributed by atoms with E-state index in [-0.39, 0.29) is 6.42 Å². The van der Waals surface area contributed by atoms with Crippen LogP contribution in [0.2, 0.25) is 5.02 Å². The number of para-hydroxylation sites is 1. The zero-order chi connectivity index (χ0) is 22.7. The van der Waals surface area contributed by atoms with Crippen LogP contribution in [0.15, 0.2) is 48.9 Å². The highest BCUT2D eigenvalue weighted by molar-refractivity contribution is 6.32. The molecule has 6 nitrogen and oxygen atoms in total. The number of fused-ring (bicyclic) bond motifs is 1. The smallest absolute Gasteiger partial charge is 0.305 e. The van der Waals surface area contributed by atoms with Crippen molar-refractivity contribution in [1.29, 1.82) is 0 Å². The van der Waals surface area contributed by atoms with E-state index in [9.17, 15) is 9.90 Å². The second-order valence-electron chi connectivity index (χ2n) is 8.00. The van der Waals surface area contributed by atoms with Crippen molar-refractivity contribution >= 4 is 28.5 Å². The van der Waals surface area contributed by atoms with Crippen molar-refractivity contribution in [2.75, 3.05) is 6.61 Å². The number of halogens is 1. The van der Waals surface area contributed by atoms with Gasteiger partial charge in [-0.05, 0) is 55.5 Å². The molecule has 0 unspecified atom stereocenters. The number of nitrogens with zero attached hydrogens (tertiary/aromatic N) is 2. The number of nitrogens with one attached hydrogen (secondary N) is 1. The van der Waals surface area contributed by atoms with Crippen LogP contribution in [0.4, 0.5) is 0 Å². The maximum absolute atomic E-state index is 11.2. The summed E-state index contributed by atoms with van der Waals surface area (Å²) in [6.07, 6.45) is 7.46. The Kier molecular flexibility index (Phi) is 6.51. The number of ether oxygens (including phenoxy) is 1. The molecule has 166 valence electrons. The fraction of sp³-hybridized carbons (Fsp3) is 0.280. The van der Waals surface area contributed by atoms with Gasteiger partial charge in [0.2, 0.25) is 0 Å². The van der Waals surface area contributed by atoms with Crippen LogP contribution in [-0.4, -0.2) is 32.4 Å². The Morgan fingerprint density at radius 3 is 2.72 bits per heavy atom. The molecule has 2 aromatic heterocycles. The van der Waals surface area contributed by atoms with E-state index in [1.165, 1.54) is 5.56 Å². The molecule has 0 aliphatic rings. The van der Waals surface area contributed by atoms with Crippen molar-refractivity contribution in [3.05, 3.63) is 70.6 Å². The third-order valence-electron chi connectivity index (χ3n) is 5.63. The molecular weight excluding hydrogens is 426 g/mol. The van der Waals surface area contributed by atoms with Gasteiger partial charge in [-0.1, -0.05) is 29.8 Å². The van der Waals surface area contributed by atoms with Gasteiger partial charge in [0.15, 0.2) is 0 Å². The number of aryl methyl sites for hydroxylation is 4. The van der Waals surface area contributed by atoms with E-state index in [4.69, 9.17) is 16.3 Å². The monoisotopic (exact) mass is 451 g/mol. The Morgan fingerprint density at radius 2 is 2.03 bits per heavy atom. The maximum atomic E-state index is 11.2. The van der Waals surface area contributed by atoms with Crippen LogP contribution < -0.4 is 4.74 Å². The number of carbonyl (C=O) groups is 1. The molecule has 2 heterocycles. The van der Waals surface area contributed by atoms with Gasteiger partial charge >= 0.3 is 5.97 Å². The predicted molar refractivity (Wildman–Crippen MR) is 127 cm³/mol. The minimum atomic E-state index is -0.809. The highest BCUT2D eigenvalue weighted by atomic mass is 35.5. The lowest BCUT2D eigenvalue weighted by molar-refractivity contribution is -0.137. The van der Waals surface area contributed by atoms with Crippen LogP contribution in [0, 0.1) is 13.8 Å². The number of benzene rings is 2. The fourth-order valence-corrected chi connectivity index (χ4v) is 4.21. The van der Waals surface area contributed by atoms with E-state index in [1.807, 2.05) is 48.9 Å². The Morgan fingerprint density at radius 1 is 1.25 bits per heavy atom. The normalized spacial score (nSPS) is 11.2. The Balaban J connectivity index is 1.54. The lowest BCUT2D eigenvalue weighted by Crippen LogP contribution is -2.04. The number of H-pyrrole nitrogens is 1. The van der Waals surface area contributed by atoms with Gasteiger partial charge in [0.25, 0.3) is 0 Å². The molecule has 0 atom stereocenters. The number of hydrogen-bond donors (Lipinski definition) is 2. The molecule has 0 fully saturated rings. The van der Waals surface area contributed by atoms with Gasteiger partial charge in [0, 0.05) is 40.5 Å². The topological polar surface area (TPSA) is 80.1 Å². The first-order valence-corrected chi connectivity index (χ1v) is 11.0. The molecule has 32 heavy (non-hydrogen) atoms. The minimum absolute atomic E-state index is 0.0708. The summed E-state index contributed by atoms with van der Waals surface area (Å²) in [6, 6.07) is 10.1. The first-order valence-electron chi connectivity index (χ1n) is 10.6. The number of aromatic amines is 1. The van der Waals surface area contributed by atoms with Crippen molar-refractivity contribution in [2.45, 2.75) is 39.7 Å². The van der Waals surface area contributed by atoms with Crippen LogP contribution in [0.5, 0.6) is 5.75 Å². The number of aliphatic carboxylic acids is 1. The Labute approximate surface area is 191 Å². The Hall–Kier alpha value is -3.25. The van der Waals surface area contributed by atoms with Gasteiger partial charge in [-0.2, -0.15) is 5.10 Å². The van der Waals surface area contributed by atoms with Gasteiger partial charge in [0.05, 0.1) is 24.7 Å². The van der Waals surface area contributed by atoms with E-state index >= 15 is 0 Å². The number of hydrogen-bond acceptors (Lipinski definition) is 3. The zero-order valence-electron chi connectivity index (χ0n) is 18.2. The van der Waals surface area contributed by atoms with Gasteiger partial charge in [-0.15, -0.1) is 0 Å². The van der Waals surface area contributed by atoms with Crippen molar-refractivity contribution < 1.29 is 14.6 Å². The molecule has 4 aromatic rings. The molecule has 4 rings (SSSR count). The molecule has 0 saturated carbocycles. The first-order chi connectivity index (χ1) is 15.4. The standard InChI is InChI=1S/C25H26ClN3O3/c1-16-11-20(12-17(2)24(16)26)32-10-4-5-18-15-29(9-8-23(30)31)25-21(18)6-3-7-22(25)19-13-27-28-14-19/h3,6-7,11-15H,4-5,8-10H2,1-2H3,(H,27,28)(H,30,31). The molecule has 0 aliphatic carbocycles. The largest absolute Gasteiger partial charge is 0.494 e. The summed E-state index contributed by atoms with van der Waals surface area (Å²) >= 11 is 6.24. The molecule has 2 N–H and O–H groups in total. The van der Waals surface area contributed by atoms with E-state index in [2.05, 4.69) is 22.5 Å². The molecule has 0 amide bonds. The summed E-state index contributed by atoms with van der Waals surface area (Å²) in [4.78, 5) is 11.2. The summed E-state index contributed by atoms with van der Waals surface area (Å²) in [6.45, 7) is 4.96. The van der Waals surface area contributed by atoms with Gasteiger partial charge in [-0.3, -0.25) is 9.89 Å². The summed E-state index contributed by atoms with van der Waals surface area (Å²) in [7, 11) is 0. The molecule has 0 radical (unpaired) electrons. The summed E-state index contributed by atoms with van der Waals surface area (Å²) in [5.41, 5.74) is 6.26. The second kappa shape index (κ2) is 9.49. The van der Waals surface area contributed by atoms with Gasteiger partial charge in [-0.25, -0.2) is 0 Å². The summed E-state index contributed by atoms with van der Waals surface area (Å²) < 4.78 is 8.02. The molecule has 0 saturated heterocycles. The van der Waals surface area contributed by atoms with Gasteiger partial charge < -0.3 is 14.4 Å². The highest BCUT2D eigenvalue weighted by Crippen LogP contribution is 2.32. The fourth-order valence-electron chi connectivity index (χ4n) is 4.10. The lowest BCUT2D eigenvalue weighted by atomic mass is 10.0. The first kappa shape index (κ1) is 22.0. The average Bonchev–Trinajstić information content (AvgIpc) is 3.42. The Bertz CT molecular complexity index is 1220. The van der Waals surface area contributed by atoms with Crippen molar-refractivity contribution in [3.63, 3.8) is 0 Å². The van der Waals surface area contributed by atoms with Crippen LogP contribution >= 0.6 is 11.6 Å². The number of aromatic nitrogens is 3.